The van der Waals surface area contributed by atoms with Gasteiger partial charge in [-0.3, -0.25) is 9.59 Å². The van der Waals surface area contributed by atoms with Gasteiger partial charge in [-0.2, -0.15) is 0 Å². The second-order valence-electron chi connectivity index (χ2n) is 10.3. The van der Waals surface area contributed by atoms with Crippen LogP contribution in [0.15, 0.2) is 0 Å². The van der Waals surface area contributed by atoms with Gasteiger partial charge in [-0.25, -0.2) is 0 Å². The van der Waals surface area contributed by atoms with Gasteiger partial charge in [0.05, 0.1) is 12.8 Å². The van der Waals surface area contributed by atoms with Crippen LogP contribution in [0.4, 0.5) is 0 Å². The van der Waals surface area contributed by atoms with Gasteiger partial charge in [-0.05, 0) is 0 Å². The first-order valence-corrected chi connectivity index (χ1v) is 8.94. The summed E-state index contributed by atoms with van der Waals surface area (Å²) in [6.45, 7) is 25.2. The van der Waals surface area contributed by atoms with E-state index in [9.17, 15) is 19.2 Å². The van der Waals surface area contributed by atoms with E-state index in [-0.39, 0.29) is 59.0 Å². The topological polar surface area (TPSA) is 68.3 Å². The fraction of sp³-hybridized carbons (Fsp3) is 0.727. The van der Waals surface area contributed by atoms with Crippen molar-refractivity contribution in [2.24, 2.45) is 21.7 Å². The quantitative estimate of drug-likeness (QED) is 0.381. The van der Waals surface area contributed by atoms with E-state index in [2.05, 4.69) is 13.8 Å². The molecule has 0 rings (SSSR count). The van der Waals surface area contributed by atoms with Gasteiger partial charge in [-0.15, -0.1) is 10.8 Å². The van der Waals surface area contributed by atoms with Crippen molar-refractivity contribution in [2.45, 2.75) is 82.1 Å². The second kappa shape index (κ2) is 10.8. The molecule has 4 nitrogen and oxygen atoms in total. The molecule has 0 aliphatic heterocycles. The maximum absolute atomic E-state index is 11.5. The van der Waals surface area contributed by atoms with Crippen LogP contribution in [0.1, 0.15) is 82.1 Å². The number of hydrogen-bond donors (Lipinski definition) is 0. The van der Waals surface area contributed by atoms with Crippen molar-refractivity contribution < 1.29 is 19.2 Å². The molecule has 0 amide bonds. The molecule has 5 heteroatoms. The van der Waals surface area contributed by atoms with Crippen LogP contribution in [0.2, 0.25) is 0 Å². The van der Waals surface area contributed by atoms with Crippen LogP contribution in [0, 0.1) is 35.5 Å². The largest absolute Gasteiger partial charge is 2.00 e. The smallest absolute Gasteiger partial charge is 0.331 e. The fourth-order valence-corrected chi connectivity index (χ4v) is 1.30. The molecule has 0 atom stereocenters. The number of rotatable bonds is 6. The van der Waals surface area contributed by atoms with Crippen LogP contribution < -0.4 is 0 Å². The molecular formula is C22H38MgO4. The van der Waals surface area contributed by atoms with Gasteiger partial charge in [0.15, 0.2) is 0 Å². The summed E-state index contributed by atoms with van der Waals surface area (Å²) in [7, 11) is 0. The molecule has 152 valence electrons. The zero-order valence-electron chi connectivity index (χ0n) is 19.2. The molecule has 0 heterocycles. The van der Waals surface area contributed by atoms with Gasteiger partial charge in [0.1, 0.15) is 23.1 Å². The Morgan fingerprint density at radius 3 is 0.815 bits per heavy atom. The van der Waals surface area contributed by atoms with E-state index in [0.29, 0.717) is 0 Å². The molecule has 0 spiro atoms. The Bertz CT molecular complexity index is 435. The van der Waals surface area contributed by atoms with Gasteiger partial charge in [0, 0.05) is 10.8 Å². The van der Waals surface area contributed by atoms with Crippen LogP contribution in [0.5, 0.6) is 0 Å². The van der Waals surface area contributed by atoms with E-state index >= 15 is 0 Å². The summed E-state index contributed by atoms with van der Waals surface area (Å²) >= 11 is 0. The Balaban J connectivity index is -0.000000411. The molecule has 0 aliphatic carbocycles. The van der Waals surface area contributed by atoms with E-state index in [0.717, 1.165) is 0 Å². The zero-order chi connectivity index (χ0) is 21.7. The first-order chi connectivity index (χ1) is 11.1. The predicted octanol–water partition coefficient (Wildman–Crippen LogP) is 4.46. The molecule has 0 aliphatic rings. The van der Waals surface area contributed by atoms with E-state index in [1.807, 2.05) is 41.5 Å². The van der Waals surface area contributed by atoms with E-state index in [4.69, 9.17) is 0 Å². The molecule has 0 aromatic carbocycles. The molecule has 0 aromatic heterocycles. The predicted molar refractivity (Wildman–Crippen MR) is 112 cm³/mol. The summed E-state index contributed by atoms with van der Waals surface area (Å²) < 4.78 is 0. The fourth-order valence-electron chi connectivity index (χ4n) is 1.30. The minimum absolute atomic E-state index is 0. The monoisotopic (exact) mass is 390 g/mol. The molecule has 27 heavy (non-hydrogen) atoms. The van der Waals surface area contributed by atoms with Crippen molar-refractivity contribution in [1.29, 1.82) is 0 Å². The maximum atomic E-state index is 11.5. The molecule has 0 unspecified atom stereocenters. The molecule has 0 aromatic rings. The minimum atomic E-state index is -0.652. The Kier molecular flexibility index (Phi) is 12.5. The third kappa shape index (κ3) is 14.1. The van der Waals surface area contributed by atoms with Gasteiger partial charge < -0.3 is 23.4 Å². The first kappa shape index (κ1) is 31.2. The van der Waals surface area contributed by atoms with Crippen molar-refractivity contribution in [2.75, 3.05) is 0 Å². The van der Waals surface area contributed by atoms with Crippen LogP contribution in [-0.2, 0) is 19.2 Å². The average Bonchev–Trinajstić information content (AvgIpc) is 2.34. The van der Waals surface area contributed by atoms with Crippen LogP contribution in [0.25, 0.3) is 0 Å². The van der Waals surface area contributed by atoms with Gasteiger partial charge >= 0.3 is 23.1 Å². The molecule has 0 saturated carbocycles. The summed E-state index contributed by atoms with van der Waals surface area (Å²) in [6.07, 6.45) is -0.000000000000000444. The average molecular weight is 391 g/mol. The summed E-state index contributed by atoms with van der Waals surface area (Å²) in [4.78, 5) is 45.8. The molecule has 0 fully saturated rings. The third-order valence-electron chi connectivity index (χ3n) is 3.82. The SMILES string of the molecule is [CH2-]C(C)(C)C(=O)CC(=O)C(C)(C)C.[CH2-]C(C)(C)C(=O)CC(=O)C(C)(C)C.[Mg+2]. The summed E-state index contributed by atoms with van der Waals surface area (Å²) in [5.41, 5.74) is -2.16. The van der Waals surface area contributed by atoms with Crippen molar-refractivity contribution >= 4 is 46.2 Å². The van der Waals surface area contributed by atoms with E-state index < -0.39 is 21.7 Å². The molecule has 0 N–H and O–H groups in total. The van der Waals surface area contributed by atoms with E-state index in [1.165, 1.54) is 0 Å². The minimum Gasteiger partial charge on any atom is -0.331 e. The number of carbonyl (C=O) groups excluding carboxylic acids is 4. The summed E-state index contributed by atoms with van der Waals surface area (Å²) in [5.74, 6) is -0.219. The first-order valence-electron chi connectivity index (χ1n) is 8.94. The van der Waals surface area contributed by atoms with Gasteiger partial charge in [0.2, 0.25) is 0 Å². The Hall–Kier alpha value is -0.554. The maximum Gasteiger partial charge on any atom is 2.00 e. The van der Waals surface area contributed by atoms with E-state index in [1.54, 1.807) is 27.7 Å². The third-order valence-corrected chi connectivity index (χ3v) is 3.82. The van der Waals surface area contributed by atoms with Crippen molar-refractivity contribution in [3.8, 4) is 0 Å². The Morgan fingerprint density at radius 2 is 0.704 bits per heavy atom. The second-order valence-corrected chi connectivity index (χ2v) is 10.3. The number of Topliss-reactive ketones (excluding diaryl/α,β-unsaturated/α-hetero) is 4. The molecule has 0 bridgehead atoms. The number of hydrogen-bond acceptors (Lipinski definition) is 4. The normalized spacial score (nSPS) is 12.3. The zero-order valence-corrected chi connectivity index (χ0v) is 20.6. The molecular weight excluding hydrogens is 353 g/mol. The van der Waals surface area contributed by atoms with Crippen LogP contribution >= 0.6 is 0 Å². The Labute approximate surface area is 182 Å². The molecule has 0 radical (unpaired) electrons. The summed E-state index contributed by atoms with van der Waals surface area (Å²) in [5, 5.41) is 0. The molecule has 0 saturated heterocycles. The summed E-state index contributed by atoms with van der Waals surface area (Å²) in [6, 6.07) is 0. The Morgan fingerprint density at radius 1 is 0.519 bits per heavy atom. The van der Waals surface area contributed by atoms with Crippen LogP contribution in [-0.4, -0.2) is 46.2 Å². The standard InChI is InChI=1S/2C11H19O2.Mg/c2*1-10(2,3)8(12)7-9(13)11(4,5)6;/h2*1,7H2,2-6H3;/q2*-1;+2. The van der Waals surface area contributed by atoms with Crippen LogP contribution in [0.3, 0.4) is 0 Å². The van der Waals surface area contributed by atoms with Gasteiger partial charge in [0.25, 0.3) is 0 Å². The van der Waals surface area contributed by atoms with Crippen molar-refractivity contribution in [1.82, 2.24) is 0 Å². The number of carbonyl (C=O) groups is 4. The van der Waals surface area contributed by atoms with Crippen molar-refractivity contribution in [3.05, 3.63) is 13.8 Å². The van der Waals surface area contributed by atoms with Gasteiger partial charge in [-0.1, -0.05) is 69.2 Å². The van der Waals surface area contributed by atoms with Crippen molar-refractivity contribution in [3.63, 3.8) is 0 Å². The number of ketones is 4.